The minimum atomic E-state index is -0.0811. The maximum absolute atomic E-state index is 12.3. The zero-order valence-electron chi connectivity index (χ0n) is 15.4. The van der Waals surface area contributed by atoms with E-state index >= 15 is 0 Å². The molecule has 3 aromatic rings. The first kappa shape index (κ1) is 19.0. The van der Waals surface area contributed by atoms with Crippen LogP contribution in [-0.4, -0.2) is 26.4 Å². The summed E-state index contributed by atoms with van der Waals surface area (Å²) in [5.74, 6) is 1.65. The van der Waals surface area contributed by atoms with Gasteiger partial charge >= 0.3 is 0 Å². The van der Waals surface area contributed by atoms with Crippen molar-refractivity contribution in [1.82, 2.24) is 14.8 Å². The highest BCUT2D eigenvalue weighted by atomic mass is 32.2. The van der Waals surface area contributed by atoms with Crippen LogP contribution in [0.2, 0.25) is 0 Å². The summed E-state index contributed by atoms with van der Waals surface area (Å²) in [7, 11) is 0. The number of hydrogen-bond donors (Lipinski definition) is 1. The van der Waals surface area contributed by atoms with Crippen LogP contribution in [0.4, 0.5) is 5.69 Å². The lowest BCUT2D eigenvalue weighted by Gasteiger charge is -2.08. The molecule has 0 aliphatic heterocycles. The smallest absolute Gasteiger partial charge is 0.234 e. The molecule has 6 nitrogen and oxygen atoms in total. The lowest BCUT2D eigenvalue weighted by Crippen LogP contribution is -2.14. The monoisotopic (exact) mass is 382 g/mol. The van der Waals surface area contributed by atoms with E-state index in [1.165, 1.54) is 17.3 Å². The van der Waals surface area contributed by atoms with Crippen LogP contribution in [0.15, 0.2) is 58.8 Å². The fraction of sp³-hybridized carbons (Fsp3) is 0.250. The second-order valence-corrected chi connectivity index (χ2v) is 6.93. The van der Waals surface area contributed by atoms with Crippen molar-refractivity contribution in [1.29, 1.82) is 0 Å². The van der Waals surface area contributed by atoms with Gasteiger partial charge in [0.2, 0.25) is 5.91 Å². The van der Waals surface area contributed by atoms with Gasteiger partial charge in [-0.15, -0.1) is 16.8 Å². The first-order valence-electron chi connectivity index (χ1n) is 8.72. The highest BCUT2D eigenvalue weighted by Gasteiger charge is 2.17. The summed E-state index contributed by atoms with van der Waals surface area (Å²) < 4.78 is 7.30. The Kier molecular flexibility index (Phi) is 6.13. The maximum atomic E-state index is 12.3. The van der Waals surface area contributed by atoms with Gasteiger partial charge < -0.3 is 9.73 Å². The lowest BCUT2D eigenvalue weighted by molar-refractivity contribution is -0.113. The fourth-order valence-electron chi connectivity index (χ4n) is 2.70. The van der Waals surface area contributed by atoms with Crippen molar-refractivity contribution in [3.63, 3.8) is 0 Å². The highest BCUT2D eigenvalue weighted by molar-refractivity contribution is 7.99. The summed E-state index contributed by atoms with van der Waals surface area (Å²) in [5.41, 5.74) is 2.88. The molecule has 140 valence electrons. The SMILES string of the molecule is C=CCn1c(SCC(=O)Nc2cccc(CC)c2)nnc1-c1ccoc1C. The Hall–Kier alpha value is -2.80. The Morgan fingerprint density at radius 1 is 1.37 bits per heavy atom. The number of nitrogens with one attached hydrogen (secondary N) is 1. The van der Waals surface area contributed by atoms with Crippen LogP contribution in [0, 0.1) is 6.92 Å². The molecule has 2 heterocycles. The van der Waals surface area contributed by atoms with Crippen LogP contribution in [0.1, 0.15) is 18.2 Å². The van der Waals surface area contributed by atoms with Gasteiger partial charge in [0.15, 0.2) is 11.0 Å². The second-order valence-electron chi connectivity index (χ2n) is 5.99. The quantitative estimate of drug-likeness (QED) is 0.464. The van der Waals surface area contributed by atoms with Gasteiger partial charge in [0.1, 0.15) is 5.76 Å². The predicted molar refractivity (Wildman–Crippen MR) is 108 cm³/mol. The summed E-state index contributed by atoms with van der Waals surface area (Å²) in [4.78, 5) is 12.3. The van der Waals surface area contributed by atoms with Crippen LogP contribution in [0.5, 0.6) is 0 Å². The molecule has 0 unspecified atom stereocenters. The molecule has 1 amide bonds. The predicted octanol–water partition coefficient (Wildman–Crippen LogP) is 4.33. The molecule has 0 aliphatic carbocycles. The maximum Gasteiger partial charge on any atom is 0.234 e. The minimum Gasteiger partial charge on any atom is -0.469 e. The zero-order valence-corrected chi connectivity index (χ0v) is 16.3. The number of aromatic nitrogens is 3. The van der Waals surface area contributed by atoms with Gasteiger partial charge in [0.25, 0.3) is 0 Å². The standard InChI is InChI=1S/C20H22N4O2S/c1-4-10-24-19(17-9-11-26-14(17)3)22-23-20(24)27-13-18(25)21-16-8-6-7-15(5-2)12-16/h4,6-9,11-12H,1,5,10,13H2,2-3H3,(H,21,25). The number of carbonyl (C=O) groups excluding carboxylic acids is 1. The van der Waals surface area contributed by atoms with Gasteiger partial charge in [-0.1, -0.05) is 36.9 Å². The molecule has 0 bridgehead atoms. The molecule has 27 heavy (non-hydrogen) atoms. The van der Waals surface area contributed by atoms with Crippen molar-refractivity contribution < 1.29 is 9.21 Å². The number of thioether (sulfide) groups is 1. The Morgan fingerprint density at radius 2 is 2.22 bits per heavy atom. The van der Waals surface area contributed by atoms with Gasteiger partial charge in [0, 0.05) is 12.2 Å². The van der Waals surface area contributed by atoms with E-state index in [2.05, 4.69) is 29.0 Å². The average molecular weight is 382 g/mol. The van der Waals surface area contributed by atoms with E-state index < -0.39 is 0 Å². The van der Waals surface area contributed by atoms with E-state index in [-0.39, 0.29) is 11.7 Å². The van der Waals surface area contributed by atoms with E-state index in [1.807, 2.05) is 41.8 Å². The van der Waals surface area contributed by atoms with Crippen molar-refractivity contribution in [3.05, 3.63) is 60.6 Å². The topological polar surface area (TPSA) is 73.0 Å². The number of anilines is 1. The third-order valence-electron chi connectivity index (χ3n) is 4.08. The third-order valence-corrected chi connectivity index (χ3v) is 5.05. The van der Waals surface area contributed by atoms with Gasteiger partial charge in [-0.25, -0.2) is 0 Å². The first-order valence-corrected chi connectivity index (χ1v) is 9.71. The molecule has 0 aliphatic rings. The van der Waals surface area contributed by atoms with Crippen LogP contribution in [-0.2, 0) is 17.8 Å². The molecule has 1 aromatic carbocycles. The zero-order chi connectivity index (χ0) is 19.2. The van der Waals surface area contributed by atoms with E-state index in [0.29, 0.717) is 17.5 Å². The van der Waals surface area contributed by atoms with Crippen molar-refractivity contribution >= 4 is 23.4 Å². The van der Waals surface area contributed by atoms with Crippen LogP contribution in [0.3, 0.4) is 0 Å². The highest BCUT2D eigenvalue weighted by Crippen LogP contribution is 2.27. The molecular formula is C20H22N4O2S. The van der Waals surface area contributed by atoms with Gasteiger partial charge in [-0.05, 0) is 37.1 Å². The second kappa shape index (κ2) is 8.73. The molecule has 3 rings (SSSR count). The Labute approximate surface area is 162 Å². The van der Waals surface area contributed by atoms with Gasteiger partial charge in [-0.3, -0.25) is 9.36 Å². The third kappa shape index (κ3) is 4.49. The molecule has 1 N–H and O–H groups in total. The Balaban J connectivity index is 1.70. The van der Waals surface area contributed by atoms with Crippen LogP contribution >= 0.6 is 11.8 Å². The van der Waals surface area contributed by atoms with E-state index in [1.54, 1.807) is 12.3 Å². The van der Waals surface area contributed by atoms with Crippen molar-refractivity contribution in [2.75, 3.05) is 11.1 Å². The molecule has 7 heteroatoms. The van der Waals surface area contributed by atoms with Crippen molar-refractivity contribution in [2.24, 2.45) is 0 Å². The largest absolute Gasteiger partial charge is 0.469 e. The fourth-order valence-corrected chi connectivity index (χ4v) is 3.45. The number of nitrogens with zero attached hydrogens (tertiary/aromatic N) is 3. The summed E-state index contributed by atoms with van der Waals surface area (Å²) in [6.07, 6.45) is 4.34. The Bertz CT molecular complexity index is 945. The van der Waals surface area contributed by atoms with Gasteiger partial charge in [0.05, 0.1) is 17.6 Å². The number of furan rings is 1. The van der Waals surface area contributed by atoms with Crippen molar-refractivity contribution in [3.8, 4) is 11.4 Å². The molecular weight excluding hydrogens is 360 g/mol. The van der Waals surface area contributed by atoms with E-state index in [4.69, 9.17) is 4.42 Å². The summed E-state index contributed by atoms with van der Waals surface area (Å²) >= 11 is 1.35. The summed E-state index contributed by atoms with van der Waals surface area (Å²) in [6, 6.07) is 9.73. The van der Waals surface area contributed by atoms with Crippen LogP contribution in [0.25, 0.3) is 11.4 Å². The number of hydrogen-bond acceptors (Lipinski definition) is 5. The normalized spacial score (nSPS) is 10.7. The first-order chi connectivity index (χ1) is 13.1. The molecule has 0 saturated heterocycles. The molecule has 2 aromatic heterocycles. The number of amides is 1. The molecule has 0 saturated carbocycles. The molecule has 0 spiro atoms. The molecule has 0 radical (unpaired) electrons. The number of allylic oxidation sites excluding steroid dienone is 1. The number of rotatable bonds is 8. The average Bonchev–Trinajstić information content (AvgIpc) is 3.26. The molecule has 0 fully saturated rings. The van der Waals surface area contributed by atoms with Crippen LogP contribution < -0.4 is 5.32 Å². The lowest BCUT2D eigenvalue weighted by atomic mass is 10.1. The van der Waals surface area contributed by atoms with E-state index in [0.717, 1.165) is 23.4 Å². The Morgan fingerprint density at radius 3 is 2.93 bits per heavy atom. The van der Waals surface area contributed by atoms with Gasteiger partial charge in [-0.2, -0.15) is 0 Å². The number of aryl methyl sites for hydroxylation is 2. The number of benzene rings is 1. The number of carbonyl (C=O) groups is 1. The van der Waals surface area contributed by atoms with Crippen molar-refractivity contribution in [2.45, 2.75) is 32.0 Å². The minimum absolute atomic E-state index is 0.0811. The summed E-state index contributed by atoms with van der Waals surface area (Å²) in [6.45, 7) is 8.32. The summed E-state index contributed by atoms with van der Waals surface area (Å²) in [5, 5.41) is 12.1. The molecule has 0 atom stereocenters. The van der Waals surface area contributed by atoms with E-state index in [9.17, 15) is 4.79 Å².